The van der Waals surface area contributed by atoms with Crippen LogP contribution in [0.3, 0.4) is 0 Å². The number of hydrogen-bond acceptors (Lipinski definition) is 4. The van der Waals surface area contributed by atoms with Gasteiger partial charge in [0.1, 0.15) is 0 Å². The van der Waals surface area contributed by atoms with Gasteiger partial charge in [-0.1, -0.05) is 119 Å². The number of benzene rings is 5. The molecule has 0 amide bonds. The van der Waals surface area contributed by atoms with E-state index >= 15 is 0 Å². The van der Waals surface area contributed by atoms with E-state index in [1.54, 1.807) is 0 Å². The molecule has 0 aliphatic carbocycles. The summed E-state index contributed by atoms with van der Waals surface area (Å²) in [5.74, 6) is 1.65. The molecule has 9 rings (SSSR count). The number of imidazole rings is 1. The van der Waals surface area contributed by atoms with Gasteiger partial charge >= 0.3 is 0 Å². The summed E-state index contributed by atoms with van der Waals surface area (Å²) in [6, 6.07) is 47.2. The Morgan fingerprint density at radius 1 is 0.700 bits per heavy atom. The minimum Gasteiger partial charge on any atom is -0.486 e. The summed E-state index contributed by atoms with van der Waals surface area (Å²) in [5.41, 5.74) is 16.3. The maximum Gasteiger partial charge on any atom is 0.216 e. The van der Waals surface area contributed by atoms with Crippen molar-refractivity contribution < 1.29 is 24.5 Å². The van der Waals surface area contributed by atoms with Crippen molar-refractivity contribution in [2.75, 3.05) is 0 Å². The van der Waals surface area contributed by atoms with Gasteiger partial charge in [0.2, 0.25) is 5.71 Å². The Hall–Kier alpha value is -5.46. The van der Waals surface area contributed by atoms with Crippen LogP contribution in [0.4, 0.5) is 0 Å². The third kappa shape index (κ3) is 8.32. The van der Waals surface area contributed by atoms with Crippen LogP contribution >= 0.6 is 0 Å². The van der Waals surface area contributed by atoms with Gasteiger partial charge < -0.3 is 14.0 Å². The first kappa shape index (κ1) is 42.7. The predicted octanol–water partition coefficient (Wildman–Crippen LogP) is 13.7. The maximum absolute atomic E-state index is 6.08. The first-order valence-electron chi connectivity index (χ1n) is 20.7. The molecule has 0 saturated carbocycles. The number of para-hydroxylation sites is 2. The number of fused-ring (bicyclic) bond motifs is 4. The average Bonchev–Trinajstić information content (AvgIpc) is 3.79. The van der Waals surface area contributed by atoms with E-state index in [4.69, 9.17) is 14.4 Å². The third-order valence-electron chi connectivity index (χ3n) is 11.1. The third-order valence-corrected chi connectivity index (χ3v) is 13.3. The van der Waals surface area contributed by atoms with E-state index in [1.807, 2.05) is 37.4 Å². The van der Waals surface area contributed by atoms with E-state index in [-0.39, 0.29) is 20.1 Å². The number of nitrogens with zero attached hydrogens (tertiary/aromatic N) is 4. The summed E-state index contributed by atoms with van der Waals surface area (Å²) in [6.45, 7) is 22.4. The summed E-state index contributed by atoms with van der Waals surface area (Å²) in [6.07, 6.45) is 2.04. The fourth-order valence-corrected chi connectivity index (χ4v) is 9.78. The Kier molecular flexibility index (Phi) is 12.3. The van der Waals surface area contributed by atoms with Crippen LogP contribution in [0.2, 0.25) is 19.6 Å². The van der Waals surface area contributed by atoms with E-state index in [1.165, 1.54) is 44.3 Å². The molecule has 0 saturated heterocycles. The van der Waals surface area contributed by atoms with Crippen molar-refractivity contribution in [3.05, 3.63) is 162 Å². The second-order valence-electron chi connectivity index (χ2n) is 17.4. The number of pyridine rings is 2. The average molecular weight is 981 g/mol. The van der Waals surface area contributed by atoms with Crippen LogP contribution in [0.15, 0.2) is 126 Å². The quantitative estimate of drug-likeness (QED) is 0.118. The van der Waals surface area contributed by atoms with E-state index in [9.17, 15) is 0 Å². The second kappa shape index (κ2) is 17.3. The first-order chi connectivity index (χ1) is 28.3. The summed E-state index contributed by atoms with van der Waals surface area (Å²) in [4.78, 5) is 14.4. The van der Waals surface area contributed by atoms with Crippen molar-refractivity contribution in [2.45, 2.75) is 79.9 Å². The zero-order chi connectivity index (χ0) is 41.6. The molecule has 4 heterocycles. The molecule has 0 bridgehead atoms. The normalized spacial score (nSPS) is 11.7. The molecule has 60 heavy (non-hydrogen) atoms. The van der Waals surface area contributed by atoms with Gasteiger partial charge in [0.15, 0.2) is 0 Å². The molecule has 0 spiro atoms. The number of hydrogen-bond donors (Lipinski definition) is 0. The van der Waals surface area contributed by atoms with E-state index in [0.717, 1.165) is 55.7 Å². The second-order valence-corrected chi connectivity index (χ2v) is 22.4. The number of aromatic nitrogens is 4. The zero-order valence-corrected chi connectivity index (χ0v) is 39.6. The summed E-state index contributed by atoms with van der Waals surface area (Å²) < 4.78 is 8.45. The fourth-order valence-electron chi connectivity index (χ4n) is 8.07. The Labute approximate surface area is 369 Å². The monoisotopic (exact) mass is 981 g/mol. The molecule has 7 heteroatoms. The van der Waals surface area contributed by atoms with Crippen LogP contribution in [0, 0.1) is 32.9 Å². The van der Waals surface area contributed by atoms with Crippen LogP contribution in [0.25, 0.3) is 72.6 Å². The van der Waals surface area contributed by atoms with Crippen LogP contribution in [-0.2, 0) is 20.1 Å². The predicted molar refractivity (Wildman–Crippen MR) is 250 cm³/mol. The van der Waals surface area contributed by atoms with Crippen LogP contribution in [-0.4, -0.2) is 27.6 Å². The fraction of sp³-hybridized carbons (Fsp3) is 0.226. The van der Waals surface area contributed by atoms with Crippen molar-refractivity contribution in [2.24, 2.45) is 0 Å². The molecule has 1 radical (unpaired) electrons. The molecule has 5 aromatic carbocycles. The van der Waals surface area contributed by atoms with Gasteiger partial charge in [-0.25, -0.2) is 4.98 Å². The zero-order valence-electron chi connectivity index (χ0n) is 36.2. The van der Waals surface area contributed by atoms with Gasteiger partial charge in [-0.15, -0.1) is 53.6 Å². The number of rotatable bonds is 7. The maximum atomic E-state index is 6.08. The van der Waals surface area contributed by atoms with Gasteiger partial charge in [0, 0.05) is 43.1 Å². The molecular formula is C53H52IrN4OSi-2. The molecule has 305 valence electrons. The van der Waals surface area contributed by atoms with Crippen molar-refractivity contribution >= 4 is 46.4 Å². The van der Waals surface area contributed by atoms with E-state index < -0.39 is 8.07 Å². The van der Waals surface area contributed by atoms with Gasteiger partial charge in [0.25, 0.3) is 0 Å². The molecule has 5 nitrogen and oxygen atoms in total. The Morgan fingerprint density at radius 2 is 1.40 bits per heavy atom. The molecule has 4 aromatic heterocycles. The topological polar surface area (TPSA) is 56.7 Å². The summed E-state index contributed by atoms with van der Waals surface area (Å²) >= 11 is 0. The summed E-state index contributed by atoms with van der Waals surface area (Å²) in [5, 5.41) is 3.49. The minimum atomic E-state index is -1.39. The molecule has 0 aliphatic rings. The van der Waals surface area contributed by atoms with Crippen molar-refractivity contribution in [1.29, 1.82) is 0 Å². The molecule has 0 unspecified atom stereocenters. The Bertz CT molecular complexity index is 2930. The number of aryl methyl sites for hydroxylation is 3. The van der Waals surface area contributed by atoms with Crippen molar-refractivity contribution in [1.82, 2.24) is 19.5 Å². The standard InChI is InChI=1S/C32H31N2.C21H21N2OSi.Ir/c1-21(2)27-19-26(24-11-7-6-8-12-24)20-28(22(3)4)31(27)34-30-14-10-9-13-29(30)33-32(34)25-17-15-23(5)16-18-25;1-13-11-18(22-12-19(13)25(3,4)5)17-8-6-7-15-16-10-9-14(2)23-21(16)24-20(15)17;/h6-17,19-22H,1-5H3;6-7,9-12H,1-5H3;/q2*-1;. The Balaban J connectivity index is 0.000000187. The Morgan fingerprint density at radius 3 is 2.05 bits per heavy atom. The van der Waals surface area contributed by atoms with Gasteiger partial charge in [-0.2, -0.15) is 0 Å². The molecule has 9 aromatic rings. The minimum absolute atomic E-state index is 0. The van der Waals surface area contributed by atoms with Crippen LogP contribution < -0.4 is 5.19 Å². The SMILES string of the molecule is Cc1c[c-]c(-c2nc3ccccc3n2-c2c(C(C)C)cc(-c3ccccc3)cc2C(C)C)cc1.Cc1ccc2c(n1)oc1c(-c3cc(C)c([Si](C)(C)C)cn3)[c-]ccc12.[Ir]. The molecule has 0 aliphatic heterocycles. The molecular weight excluding hydrogens is 929 g/mol. The first-order valence-corrected chi connectivity index (χ1v) is 24.2. The van der Waals surface area contributed by atoms with Crippen LogP contribution in [0.1, 0.15) is 67.5 Å². The molecule has 0 fully saturated rings. The van der Waals surface area contributed by atoms with Crippen molar-refractivity contribution in [3.8, 4) is 39.5 Å². The summed E-state index contributed by atoms with van der Waals surface area (Å²) in [7, 11) is -1.39. The number of furan rings is 1. The van der Waals surface area contributed by atoms with E-state index in [0.29, 0.717) is 17.5 Å². The van der Waals surface area contributed by atoms with Crippen LogP contribution in [0.5, 0.6) is 0 Å². The van der Waals surface area contributed by atoms with E-state index in [2.05, 4.69) is 174 Å². The van der Waals surface area contributed by atoms with Gasteiger partial charge in [-0.3, -0.25) is 4.98 Å². The van der Waals surface area contributed by atoms with Gasteiger partial charge in [0.05, 0.1) is 30.5 Å². The largest absolute Gasteiger partial charge is 0.486 e. The smallest absolute Gasteiger partial charge is 0.216 e. The van der Waals surface area contributed by atoms with Gasteiger partial charge in [-0.05, 0) is 95.2 Å². The van der Waals surface area contributed by atoms with Crippen molar-refractivity contribution in [3.63, 3.8) is 0 Å². The molecule has 0 N–H and O–H groups in total. The molecule has 0 atom stereocenters.